The molecule has 1 aliphatic carbocycles. The van der Waals surface area contributed by atoms with E-state index in [0.29, 0.717) is 0 Å². The second kappa shape index (κ2) is 9.21. The molecular formula is C40H29N. The molecule has 7 aromatic rings. The molecule has 41 heavy (non-hydrogen) atoms. The van der Waals surface area contributed by atoms with Crippen molar-refractivity contribution in [1.82, 2.24) is 0 Å². The van der Waals surface area contributed by atoms with Gasteiger partial charge in [-0.3, -0.25) is 0 Å². The van der Waals surface area contributed by atoms with Crippen LogP contribution in [0.1, 0.15) is 11.1 Å². The quantitative estimate of drug-likeness (QED) is 0.222. The van der Waals surface area contributed by atoms with Gasteiger partial charge in [0.05, 0.1) is 0 Å². The first-order valence-corrected chi connectivity index (χ1v) is 14.3. The monoisotopic (exact) mass is 523 g/mol. The number of nitrogens with zero attached hydrogens (tertiary/aromatic N) is 1. The maximum atomic E-state index is 2.38. The summed E-state index contributed by atoms with van der Waals surface area (Å²) >= 11 is 0. The lowest BCUT2D eigenvalue weighted by Crippen LogP contribution is -2.11. The highest BCUT2D eigenvalue weighted by Crippen LogP contribution is 2.51. The van der Waals surface area contributed by atoms with Crippen LogP contribution < -0.4 is 4.90 Å². The second-order valence-corrected chi connectivity index (χ2v) is 11.2. The molecule has 0 unspecified atom stereocenters. The molecule has 0 radical (unpaired) electrons. The molecule has 0 N–H and O–H groups in total. The zero-order valence-electron chi connectivity index (χ0n) is 23.2. The van der Waals surface area contributed by atoms with E-state index in [1.165, 1.54) is 77.4 Å². The predicted octanol–water partition coefficient (Wildman–Crippen LogP) is 11.4. The fourth-order valence-electron chi connectivity index (χ4n) is 6.42. The summed E-state index contributed by atoms with van der Waals surface area (Å²) in [4.78, 5) is 2.37. The molecule has 0 amide bonds. The topological polar surface area (TPSA) is 3.24 Å². The maximum Gasteiger partial charge on any atom is 0.0490 e. The van der Waals surface area contributed by atoms with Crippen LogP contribution in [-0.2, 0) is 0 Å². The van der Waals surface area contributed by atoms with Crippen LogP contribution in [0.5, 0.6) is 0 Å². The molecule has 8 rings (SSSR count). The number of benzene rings is 7. The van der Waals surface area contributed by atoms with Crippen molar-refractivity contribution < 1.29 is 0 Å². The molecule has 0 aromatic heterocycles. The van der Waals surface area contributed by atoms with Crippen LogP contribution in [0.2, 0.25) is 0 Å². The summed E-state index contributed by atoms with van der Waals surface area (Å²) in [6.07, 6.45) is 0. The first kappa shape index (κ1) is 23.7. The van der Waals surface area contributed by atoms with Gasteiger partial charge in [0.2, 0.25) is 0 Å². The Kier molecular flexibility index (Phi) is 5.33. The van der Waals surface area contributed by atoms with Crippen LogP contribution in [0.15, 0.2) is 140 Å². The Morgan fingerprint density at radius 1 is 0.390 bits per heavy atom. The first-order valence-electron chi connectivity index (χ1n) is 14.3. The molecule has 0 atom stereocenters. The Morgan fingerprint density at radius 3 is 1.63 bits per heavy atom. The Labute approximate surface area is 241 Å². The van der Waals surface area contributed by atoms with Gasteiger partial charge >= 0.3 is 0 Å². The van der Waals surface area contributed by atoms with Crippen molar-refractivity contribution in [3.63, 3.8) is 0 Å². The molecule has 0 aliphatic heterocycles. The zero-order valence-corrected chi connectivity index (χ0v) is 23.2. The van der Waals surface area contributed by atoms with Crippen LogP contribution in [0.25, 0.3) is 54.9 Å². The molecule has 0 saturated carbocycles. The number of rotatable bonds is 4. The van der Waals surface area contributed by atoms with E-state index < -0.39 is 0 Å². The van der Waals surface area contributed by atoms with E-state index in [1.807, 2.05) is 0 Å². The van der Waals surface area contributed by atoms with Crippen LogP contribution in [0.3, 0.4) is 0 Å². The highest BCUT2D eigenvalue weighted by Gasteiger charge is 2.24. The maximum absolute atomic E-state index is 2.38. The molecule has 0 bridgehead atoms. The van der Waals surface area contributed by atoms with Crippen LogP contribution in [-0.4, -0.2) is 0 Å². The predicted molar refractivity (Wildman–Crippen MR) is 175 cm³/mol. The van der Waals surface area contributed by atoms with Gasteiger partial charge in [-0.15, -0.1) is 0 Å². The van der Waals surface area contributed by atoms with E-state index in [2.05, 4.69) is 158 Å². The smallest absolute Gasteiger partial charge is 0.0490 e. The number of hydrogen-bond donors (Lipinski definition) is 0. The van der Waals surface area contributed by atoms with Gasteiger partial charge in [-0.05, 0) is 135 Å². The average Bonchev–Trinajstić information content (AvgIpc) is 3.01. The van der Waals surface area contributed by atoms with Gasteiger partial charge < -0.3 is 4.90 Å². The van der Waals surface area contributed by atoms with Gasteiger partial charge in [-0.2, -0.15) is 0 Å². The third-order valence-electron chi connectivity index (χ3n) is 8.49. The minimum absolute atomic E-state index is 1.16. The molecule has 7 aromatic carbocycles. The average molecular weight is 524 g/mol. The molecule has 0 fully saturated rings. The van der Waals surface area contributed by atoms with Gasteiger partial charge in [-0.1, -0.05) is 84.4 Å². The van der Waals surface area contributed by atoms with Gasteiger partial charge in [0, 0.05) is 17.1 Å². The van der Waals surface area contributed by atoms with Crippen LogP contribution >= 0.6 is 0 Å². The Balaban J connectivity index is 1.22. The summed E-state index contributed by atoms with van der Waals surface area (Å²) in [5.41, 5.74) is 14.0. The van der Waals surface area contributed by atoms with Gasteiger partial charge in [-0.25, -0.2) is 0 Å². The number of fused-ring (bicyclic) bond motifs is 6. The number of anilines is 3. The van der Waals surface area contributed by atoms with Gasteiger partial charge in [0.15, 0.2) is 0 Å². The lowest BCUT2D eigenvalue weighted by atomic mass is 9.77. The zero-order chi connectivity index (χ0) is 27.5. The summed E-state index contributed by atoms with van der Waals surface area (Å²) in [6.45, 7) is 4.35. The molecule has 194 valence electrons. The van der Waals surface area contributed by atoms with Crippen molar-refractivity contribution >= 4 is 38.6 Å². The van der Waals surface area contributed by atoms with E-state index in [4.69, 9.17) is 0 Å². The fourth-order valence-corrected chi connectivity index (χ4v) is 6.42. The van der Waals surface area contributed by atoms with E-state index in [-0.39, 0.29) is 0 Å². The molecule has 0 spiro atoms. The number of para-hydroxylation sites is 1. The molecule has 0 saturated heterocycles. The van der Waals surface area contributed by atoms with Gasteiger partial charge in [0.1, 0.15) is 0 Å². The van der Waals surface area contributed by atoms with Crippen molar-refractivity contribution in [2.75, 3.05) is 4.90 Å². The largest absolute Gasteiger partial charge is 0.310 e. The summed E-state index contributed by atoms with van der Waals surface area (Å²) in [5, 5.41) is 5.10. The summed E-state index contributed by atoms with van der Waals surface area (Å²) < 4.78 is 0. The van der Waals surface area contributed by atoms with Crippen molar-refractivity contribution in [1.29, 1.82) is 0 Å². The minimum atomic E-state index is 1.16. The van der Waals surface area contributed by atoms with E-state index in [9.17, 15) is 0 Å². The minimum Gasteiger partial charge on any atom is -0.310 e. The summed E-state index contributed by atoms with van der Waals surface area (Å²) in [6, 6.07) is 51.2. The standard InChI is InChI=1S/C40H29N/c1-26-13-18-40(27(2)19-26)41(34-11-7-4-8-12-34)35-17-16-31-23-37-38-24-32-20-29(28-9-5-3-6-10-28)14-15-30(32)22-36(38)39(37)25-33(31)21-35/h3-25H,1-2H3. The highest BCUT2D eigenvalue weighted by molar-refractivity contribution is 6.12. The lowest BCUT2D eigenvalue weighted by molar-refractivity contribution is 1.24. The fraction of sp³-hybridized carbons (Fsp3) is 0.0500. The van der Waals surface area contributed by atoms with Crippen molar-refractivity contribution in [3.8, 4) is 33.4 Å². The molecule has 0 heterocycles. The van der Waals surface area contributed by atoms with Crippen LogP contribution in [0.4, 0.5) is 17.1 Å². The summed E-state index contributed by atoms with van der Waals surface area (Å²) in [5.74, 6) is 0. The van der Waals surface area contributed by atoms with Crippen molar-refractivity contribution in [2.24, 2.45) is 0 Å². The Hall–Kier alpha value is -5.14. The first-order chi connectivity index (χ1) is 20.1. The van der Waals surface area contributed by atoms with Crippen LogP contribution in [0, 0.1) is 13.8 Å². The molecular weight excluding hydrogens is 494 g/mol. The summed E-state index contributed by atoms with van der Waals surface area (Å²) in [7, 11) is 0. The van der Waals surface area contributed by atoms with Crippen molar-refractivity contribution in [2.45, 2.75) is 13.8 Å². The molecule has 1 heteroatoms. The second-order valence-electron chi connectivity index (χ2n) is 11.2. The Bertz CT molecular complexity index is 2110. The van der Waals surface area contributed by atoms with Crippen molar-refractivity contribution in [3.05, 3.63) is 151 Å². The highest BCUT2D eigenvalue weighted by atomic mass is 15.1. The van der Waals surface area contributed by atoms with Gasteiger partial charge in [0.25, 0.3) is 0 Å². The van der Waals surface area contributed by atoms with E-state index >= 15 is 0 Å². The third-order valence-corrected chi connectivity index (χ3v) is 8.49. The Morgan fingerprint density at radius 2 is 0.976 bits per heavy atom. The van der Waals surface area contributed by atoms with E-state index in [0.717, 1.165) is 5.69 Å². The normalized spacial score (nSPS) is 11.7. The molecule has 1 aliphatic rings. The van der Waals surface area contributed by atoms with E-state index in [1.54, 1.807) is 0 Å². The SMILES string of the molecule is Cc1ccc(N(c2ccccc2)c2ccc3cc4c(cc3c2)-c2cc3ccc(-c5ccccc5)cc3cc2-4)c(C)c1. The molecule has 1 nitrogen and oxygen atoms in total. The third kappa shape index (κ3) is 3.93. The number of hydrogen-bond acceptors (Lipinski definition) is 1. The lowest BCUT2D eigenvalue weighted by Gasteiger charge is -2.29. The number of aryl methyl sites for hydroxylation is 2.